The summed E-state index contributed by atoms with van der Waals surface area (Å²) < 4.78 is 11.4. The standard InChI is InChI=1S/C48H54N12O14/c61-31-9-1-27(2-10-31)23-35(39(65)66)51-45-55-43(56-46(59-45)52-36(40(67)68)24-28-3-11-32(62)12-4-28)49-17-19-73-21-22-74-20-18-50-44-57-47(53-37(41(69)70)25-29-5-13-33(63)14-6-29)60-48(58-44)54-38(42(71)72)26-30-7-15-34(64)16-8-30/h1-16,35-38,61-64H,17-26H2,(H,65,66)(H,67,68)(H,69,70)(H,71,72)(H3,49,51,52,55,56,59)(H3,50,53,54,57,58,60)/t35-,36-,37-,38+/m0/s1. The van der Waals surface area contributed by atoms with Gasteiger partial charge in [0.15, 0.2) is 0 Å². The van der Waals surface area contributed by atoms with Crippen molar-refractivity contribution in [1.82, 2.24) is 29.9 Å². The van der Waals surface area contributed by atoms with Gasteiger partial charge in [0.25, 0.3) is 0 Å². The highest BCUT2D eigenvalue weighted by Crippen LogP contribution is 2.20. The Morgan fingerprint density at radius 3 is 0.784 bits per heavy atom. The third-order valence-corrected chi connectivity index (χ3v) is 10.6. The summed E-state index contributed by atoms with van der Waals surface area (Å²) in [6, 6.07) is 18.9. The highest BCUT2D eigenvalue weighted by atomic mass is 16.5. The van der Waals surface area contributed by atoms with E-state index in [1.165, 1.54) is 48.5 Å². The van der Waals surface area contributed by atoms with Crippen molar-refractivity contribution in [3.8, 4) is 23.0 Å². The summed E-state index contributed by atoms with van der Waals surface area (Å²) in [4.78, 5) is 74.9. The number of aromatic hydroxyl groups is 4. The topological polar surface area (TPSA) is 398 Å². The van der Waals surface area contributed by atoms with Crippen molar-refractivity contribution in [3.63, 3.8) is 0 Å². The van der Waals surface area contributed by atoms with Gasteiger partial charge < -0.3 is 82.2 Å². The normalized spacial score (nSPS) is 12.6. The van der Waals surface area contributed by atoms with E-state index in [4.69, 9.17) is 9.47 Å². The number of hydrogen-bond acceptors (Lipinski definition) is 22. The van der Waals surface area contributed by atoms with Gasteiger partial charge in [0.2, 0.25) is 35.7 Å². The van der Waals surface area contributed by atoms with Crippen molar-refractivity contribution in [1.29, 1.82) is 0 Å². The fourth-order valence-electron chi connectivity index (χ4n) is 6.85. The Labute approximate surface area is 421 Å². The molecule has 390 valence electrons. The third kappa shape index (κ3) is 17.8. The second kappa shape index (κ2) is 26.8. The van der Waals surface area contributed by atoms with Gasteiger partial charge in [0, 0.05) is 38.8 Å². The van der Waals surface area contributed by atoms with Gasteiger partial charge in [-0.15, -0.1) is 0 Å². The van der Waals surface area contributed by atoms with Gasteiger partial charge >= 0.3 is 23.9 Å². The number of benzene rings is 4. The first-order chi connectivity index (χ1) is 35.5. The summed E-state index contributed by atoms with van der Waals surface area (Å²) in [5.41, 5.74) is 2.35. The predicted molar refractivity (Wildman–Crippen MR) is 266 cm³/mol. The van der Waals surface area contributed by atoms with Crippen LogP contribution in [0.4, 0.5) is 35.7 Å². The SMILES string of the molecule is O=C(O)[C@H](Cc1ccc(O)cc1)Nc1nc(NCCOCCOCCNc2nc(N[C@@H](Cc3ccc(O)cc3)C(=O)O)nc(N[C@H](Cc3ccc(O)cc3)C(=O)O)n2)nc(N[C@@H](Cc2ccc(O)cc2)C(=O)O)n1. The molecule has 4 atom stereocenters. The lowest BCUT2D eigenvalue weighted by Gasteiger charge is -2.18. The molecule has 0 aliphatic rings. The van der Waals surface area contributed by atoms with E-state index >= 15 is 0 Å². The Kier molecular flexibility index (Phi) is 19.6. The lowest BCUT2D eigenvalue weighted by molar-refractivity contribution is -0.138. The largest absolute Gasteiger partial charge is 0.508 e. The zero-order valence-corrected chi connectivity index (χ0v) is 39.3. The van der Waals surface area contributed by atoms with E-state index in [0.717, 1.165) is 0 Å². The Hall–Kier alpha value is -9.30. The van der Waals surface area contributed by atoms with Crippen LogP contribution in [0.1, 0.15) is 22.3 Å². The molecule has 26 nitrogen and oxygen atoms in total. The maximum atomic E-state index is 12.3. The molecule has 0 aliphatic heterocycles. The highest BCUT2D eigenvalue weighted by Gasteiger charge is 2.25. The number of hydrogen-bond donors (Lipinski definition) is 14. The summed E-state index contributed by atoms with van der Waals surface area (Å²) in [5.74, 6) is -5.73. The van der Waals surface area contributed by atoms with E-state index in [-0.39, 0.29) is 124 Å². The van der Waals surface area contributed by atoms with Crippen LogP contribution in [0.3, 0.4) is 0 Å². The van der Waals surface area contributed by atoms with Gasteiger partial charge in [-0.1, -0.05) is 48.5 Å². The maximum Gasteiger partial charge on any atom is 0.326 e. The number of carboxylic acid groups (broad SMARTS) is 4. The van der Waals surface area contributed by atoms with E-state index < -0.39 is 48.0 Å². The summed E-state index contributed by atoms with van der Waals surface area (Å²) in [5, 5.41) is 95.8. The van der Waals surface area contributed by atoms with Crippen molar-refractivity contribution in [2.45, 2.75) is 49.9 Å². The smallest absolute Gasteiger partial charge is 0.326 e. The summed E-state index contributed by atoms with van der Waals surface area (Å²) in [6.07, 6.45) is -0.0977. The van der Waals surface area contributed by atoms with Crippen molar-refractivity contribution < 1.29 is 69.5 Å². The lowest BCUT2D eigenvalue weighted by Crippen LogP contribution is -2.34. The van der Waals surface area contributed by atoms with Gasteiger partial charge in [-0.05, 0) is 70.8 Å². The lowest BCUT2D eigenvalue weighted by atomic mass is 10.1. The van der Waals surface area contributed by atoms with Gasteiger partial charge in [0.05, 0.1) is 26.4 Å². The average molecular weight is 1020 g/mol. The fraction of sp³-hybridized carbons (Fsp3) is 0.292. The number of phenols is 4. The summed E-state index contributed by atoms with van der Waals surface area (Å²) >= 11 is 0. The van der Waals surface area contributed by atoms with E-state index in [2.05, 4.69) is 61.8 Å². The van der Waals surface area contributed by atoms with Crippen LogP contribution in [0.5, 0.6) is 23.0 Å². The first-order valence-electron chi connectivity index (χ1n) is 22.8. The molecule has 74 heavy (non-hydrogen) atoms. The molecule has 0 bridgehead atoms. The number of phenolic OH excluding ortho intramolecular Hbond substituents is 4. The fourth-order valence-corrected chi connectivity index (χ4v) is 6.85. The van der Waals surface area contributed by atoms with Crippen LogP contribution < -0.4 is 31.9 Å². The Balaban J connectivity index is 1.04. The number of aromatic nitrogens is 6. The van der Waals surface area contributed by atoms with E-state index in [9.17, 15) is 60.0 Å². The van der Waals surface area contributed by atoms with Gasteiger partial charge in [-0.25, -0.2) is 19.2 Å². The zero-order chi connectivity index (χ0) is 53.0. The third-order valence-electron chi connectivity index (χ3n) is 10.6. The molecule has 0 amide bonds. The molecule has 0 unspecified atom stereocenters. The second-order valence-electron chi connectivity index (χ2n) is 16.3. The first-order valence-corrected chi connectivity index (χ1v) is 22.8. The maximum absolute atomic E-state index is 12.3. The molecular weight excluding hydrogens is 969 g/mol. The molecule has 2 heterocycles. The first kappa shape index (κ1) is 54.0. The second-order valence-corrected chi connectivity index (χ2v) is 16.3. The quantitative estimate of drug-likeness (QED) is 0.0278. The molecule has 26 heteroatoms. The van der Waals surface area contributed by atoms with Crippen LogP contribution in [-0.2, 0) is 54.3 Å². The molecule has 0 aliphatic carbocycles. The van der Waals surface area contributed by atoms with E-state index in [0.29, 0.717) is 22.3 Å². The van der Waals surface area contributed by atoms with Gasteiger partial charge in [-0.2, -0.15) is 29.9 Å². The average Bonchev–Trinajstić information content (AvgIpc) is 3.36. The van der Waals surface area contributed by atoms with Gasteiger partial charge in [-0.3, -0.25) is 0 Å². The minimum absolute atomic E-state index is 0.00654. The molecule has 0 saturated carbocycles. The number of ether oxygens (including phenoxy) is 2. The number of aliphatic carboxylic acids is 4. The van der Waals surface area contributed by atoms with Crippen LogP contribution in [0.25, 0.3) is 0 Å². The number of nitrogens with zero attached hydrogens (tertiary/aromatic N) is 6. The molecule has 6 rings (SSSR count). The molecule has 0 spiro atoms. The number of rotatable bonds is 31. The van der Waals surface area contributed by atoms with Crippen molar-refractivity contribution >= 4 is 59.6 Å². The zero-order valence-electron chi connectivity index (χ0n) is 39.3. The van der Waals surface area contributed by atoms with Crippen LogP contribution in [0.2, 0.25) is 0 Å². The highest BCUT2D eigenvalue weighted by molar-refractivity contribution is 5.79. The molecular formula is C48H54N12O14. The molecule has 2 aromatic heterocycles. The van der Waals surface area contributed by atoms with Crippen LogP contribution in [0, 0.1) is 0 Å². The number of nitrogens with one attached hydrogen (secondary N) is 6. The van der Waals surface area contributed by atoms with Crippen molar-refractivity contribution in [2.75, 3.05) is 71.4 Å². The number of carboxylic acids is 4. The monoisotopic (exact) mass is 1020 g/mol. The molecule has 0 radical (unpaired) electrons. The van der Waals surface area contributed by atoms with Crippen molar-refractivity contribution in [2.24, 2.45) is 0 Å². The van der Waals surface area contributed by atoms with E-state index in [1.807, 2.05) is 0 Å². The number of anilines is 6. The minimum atomic E-state index is -1.24. The predicted octanol–water partition coefficient (Wildman–Crippen LogP) is 2.87. The molecule has 14 N–H and O–H groups in total. The Bertz CT molecular complexity index is 2430. The van der Waals surface area contributed by atoms with E-state index in [1.54, 1.807) is 48.5 Å². The number of carbonyl (C=O) groups is 4. The van der Waals surface area contributed by atoms with Gasteiger partial charge in [0.1, 0.15) is 47.2 Å². The molecule has 0 saturated heterocycles. The Morgan fingerprint density at radius 1 is 0.351 bits per heavy atom. The van der Waals surface area contributed by atoms with Crippen molar-refractivity contribution in [3.05, 3.63) is 119 Å². The minimum Gasteiger partial charge on any atom is -0.508 e. The molecule has 4 aromatic carbocycles. The molecule has 6 aromatic rings. The molecule has 0 fully saturated rings. The Morgan fingerprint density at radius 2 is 0.568 bits per heavy atom. The van der Waals surface area contributed by atoms with Crippen LogP contribution >= 0.6 is 0 Å². The summed E-state index contributed by atoms with van der Waals surface area (Å²) in [6.45, 7) is 0.768. The van der Waals surface area contributed by atoms with Crippen LogP contribution in [-0.4, -0.2) is 158 Å². The van der Waals surface area contributed by atoms with Crippen LogP contribution in [0.15, 0.2) is 97.1 Å². The summed E-state index contributed by atoms with van der Waals surface area (Å²) in [7, 11) is 0.